The van der Waals surface area contributed by atoms with Crippen LogP contribution in [0, 0.1) is 16.2 Å². The third-order valence-electron chi connectivity index (χ3n) is 2.55. The molecule has 2 heteroatoms. The second-order valence-electron chi connectivity index (χ2n) is 4.29. The van der Waals surface area contributed by atoms with Crippen LogP contribution in [0.25, 0.3) is 0 Å². The Kier molecular flexibility index (Phi) is 2.14. The number of nitrogens with one attached hydrogen (secondary N) is 1. The van der Waals surface area contributed by atoms with E-state index in [1.165, 1.54) is 0 Å². The molecule has 0 aromatic carbocycles. The highest BCUT2D eigenvalue weighted by atomic mass is 14.8. The Bertz CT molecular complexity index is 140. The summed E-state index contributed by atoms with van der Waals surface area (Å²) in [6, 6.07) is 0. The van der Waals surface area contributed by atoms with Crippen LogP contribution in [-0.2, 0) is 0 Å². The quantitative estimate of drug-likeness (QED) is 0.427. The van der Waals surface area contributed by atoms with Crippen molar-refractivity contribution in [2.24, 2.45) is 16.6 Å². The Morgan fingerprint density at radius 3 is 1.40 bits per heavy atom. The van der Waals surface area contributed by atoms with Crippen molar-refractivity contribution in [2.45, 2.75) is 34.6 Å². The molecule has 0 saturated carbocycles. The molecule has 0 rings (SSSR count). The Morgan fingerprint density at radius 1 is 1.10 bits per heavy atom. The van der Waals surface area contributed by atoms with Crippen LogP contribution in [0.2, 0.25) is 0 Å². The van der Waals surface area contributed by atoms with Crippen molar-refractivity contribution in [1.29, 1.82) is 5.41 Å². The molecular weight excluding hydrogens is 124 g/mol. The van der Waals surface area contributed by atoms with E-state index in [9.17, 15) is 0 Å². The second kappa shape index (κ2) is 2.26. The highest BCUT2D eigenvalue weighted by molar-refractivity contribution is 5.83. The standard InChI is InChI=1S/C8H18N2/c1-7(2,3)8(4,5)6(9)10/h1-5H3,(H3,9,10). The van der Waals surface area contributed by atoms with Gasteiger partial charge in [0.25, 0.3) is 0 Å². The molecule has 0 heterocycles. The molecule has 0 aliphatic rings. The summed E-state index contributed by atoms with van der Waals surface area (Å²) in [5, 5.41) is 7.33. The van der Waals surface area contributed by atoms with Gasteiger partial charge in [-0.05, 0) is 5.41 Å². The summed E-state index contributed by atoms with van der Waals surface area (Å²) in [5.41, 5.74) is 5.31. The molecule has 0 spiro atoms. The minimum Gasteiger partial charge on any atom is -0.387 e. The van der Waals surface area contributed by atoms with Crippen molar-refractivity contribution in [2.75, 3.05) is 0 Å². The SMILES string of the molecule is CC(C)(C)C(C)(C)C(=N)N. The monoisotopic (exact) mass is 142 g/mol. The summed E-state index contributed by atoms with van der Waals surface area (Å²) in [6.45, 7) is 10.3. The molecule has 10 heavy (non-hydrogen) atoms. The van der Waals surface area contributed by atoms with Crippen LogP contribution in [0.4, 0.5) is 0 Å². The highest BCUT2D eigenvalue weighted by Gasteiger charge is 2.35. The summed E-state index contributed by atoms with van der Waals surface area (Å²) in [7, 11) is 0. The number of nitrogens with two attached hydrogens (primary N) is 1. The van der Waals surface area contributed by atoms with Gasteiger partial charge in [0.1, 0.15) is 0 Å². The van der Waals surface area contributed by atoms with Gasteiger partial charge in [-0.15, -0.1) is 0 Å². The number of amidine groups is 1. The van der Waals surface area contributed by atoms with E-state index in [2.05, 4.69) is 20.8 Å². The number of hydrogen-bond donors (Lipinski definition) is 2. The van der Waals surface area contributed by atoms with Crippen LogP contribution in [-0.4, -0.2) is 5.84 Å². The maximum Gasteiger partial charge on any atom is 0.0968 e. The van der Waals surface area contributed by atoms with Crippen molar-refractivity contribution in [3.63, 3.8) is 0 Å². The molecule has 0 saturated heterocycles. The first-order valence-electron chi connectivity index (χ1n) is 3.54. The van der Waals surface area contributed by atoms with Gasteiger partial charge in [0.2, 0.25) is 0 Å². The number of rotatable bonds is 1. The average molecular weight is 142 g/mol. The van der Waals surface area contributed by atoms with Gasteiger partial charge in [-0.25, -0.2) is 0 Å². The normalized spacial score (nSPS) is 13.3. The lowest BCUT2D eigenvalue weighted by Gasteiger charge is -2.37. The molecule has 0 aromatic rings. The molecule has 0 aliphatic heterocycles. The Balaban J connectivity index is 4.57. The Hall–Kier alpha value is -0.530. The summed E-state index contributed by atoms with van der Waals surface area (Å²) >= 11 is 0. The molecule has 0 radical (unpaired) electrons. The third-order valence-corrected chi connectivity index (χ3v) is 2.55. The first kappa shape index (κ1) is 9.47. The zero-order valence-electron chi connectivity index (χ0n) is 7.58. The predicted octanol–water partition coefficient (Wildman–Crippen LogP) is 1.99. The van der Waals surface area contributed by atoms with Crippen molar-refractivity contribution < 1.29 is 0 Å². The molecule has 3 N–H and O–H groups in total. The zero-order valence-corrected chi connectivity index (χ0v) is 7.58. The molecule has 0 bridgehead atoms. The largest absolute Gasteiger partial charge is 0.387 e. The van der Waals surface area contributed by atoms with E-state index in [0.29, 0.717) is 0 Å². The van der Waals surface area contributed by atoms with Crippen LogP contribution in [0.5, 0.6) is 0 Å². The molecule has 0 amide bonds. The Labute approximate surface area is 63.3 Å². The van der Waals surface area contributed by atoms with E-state index in [4.69, 9.17) is 11.1 Å². The molecular formula is C8H18N2. The van der Waals surface area contributed by atoms with Gasteiger partial charge in [-0.3, -0.25) is 5.41 Å². The first-order chi connectivity index (χ1) is 4.19. The minimum absolute atomic E-state index is 0.0683. The maximum absolute atomic E-state index is 7.33. The molecule has 0 aliphatic carbocycles. The second-order valence-corrected chi connectivity index (χ2v) is 4.29. The maximum atomic E-state index is 7.33. The molecule has 0 aromatic heterocycles. The van der Waals surface area contributed by atoms with Gasteiger partial charge >= 0.3 is 0 Å². The van der Waals surface area contributed by atoms with Crippen LogP contribution < -0.4 is 5.73 Å². The van der Waals surface area contributed by atoms with E-state index in [-0.39, 0.29) is 16.7 Å². The van der Waals surface area contributed by atoms with Crippen molar-refractivity contribution >= 4 is 5.84 Å². The van der Waals surface area contributed by atoms with Crippen LogP contribution in [0.1, 0.15) is 34.6 Å². The predicted molar refractivity (Wildman–Crippen MR) is 45.2 cm³/mol. The molecule has 60 valence electrons. The number of hydrogen-bond acceptors (Lipinski definition) is 1. The fourth-order valence-electron chi connectivity index (χ4n) is 0.404. The van der Waals surface area contributed by atoms with Gasteiger partial charge in [0.05, 0.1) is 5.84 Å². The Morgan fingerprint density at radius 2 is 1.40 bits per heavy atom. The van der Waals surface area contributed by atoms with Gasteiger partial charge < -0.3 is 5.73 Å². The van der Waals surface area contributed by atoms with Crippen molar-refractivity contribution in [3.05, 3.63) is 0 Å². The minimum atomic E-state index is -0.201. The summed E-state index contributed by atoms with van der Waals surface area (Å²) in [6.07, 6.45) is 0. The topological polar surface area (TPSA) is 49.9 Å². The summed E-state index contributed by atoms with van der Waals surface area (Å²) in [4.78, 5) is 0. The van der Waals surface area contributed by atoms with Gasteiger partial charge in [-0.1, -0.05) is 34.6 Å². The fourth-order valence-corrected chi connectivity index (χ4v) is 0.404. The van der Waals surface area contributed by atoms with Gasteiger partial charge in [0, 0.05) is 5.41 Å². The lowest BCUT2D eigenvalue weighted by atomic mass is 9.68. The van der Waals surface area contributed by atoms with E-state index in [1.807, 2.05) is 13.8 Å². The highest BCUT2D eigenvalue weighted by Crippen LogP contribution is 2.37. The first-order valence-corrected chi connectivity index (χ1v) is 3.54. The van der Waals surface area contributed by atoms with E-state index in [1.54, 1.807) is 0 Å². The third kappa shape index (κ3) is 1.49. The summed E-state index contributed by atoms with van der Waals surface area (Å²) < 4.78 is 0. The van der Waals surface area contributed by atoms with E-state index in [0.717, 1.165) is 0 Å². The lowest BCUT2D eigenvalue weighted by molar-refractivity contribution is 0.213. The van der Waals surface area contributed by atoms with Crippen molar-refractivity contribution in [1.82, 2.24) is 0 Å². The molecule has 0 atom stereocenters. The van der Waals surface area contributed by atoms with Gasteiger partial charge in [0.15, 0.2) is 0 Å². The average Bonchev–Trinajstić information content (AvgIpc) is 1.62. The fraction of sp³-hybridized carbons (Fsp3) is 0.875. The van der Waals surface area contributed by atoms with Crippen molar-refractivity contribution in [3.8, 4) is 0 Å². The zero-order chi connectivity index (χ0) is 8.58. The molecule has 2 nitrogen and oxygen atoms in total. The smallest absolute Gasteiger partial charge is 0.0968 e. The van der Waals surface area contributed by atoms with Crippen LogP contribution >= 0.6 is 0 Å². The van der Waals surface area contributed by atoms with Gasteiger partial charge in [-0.2, -0.15) is 0 Å². The van der Waals surface area contributed by atoms with E-state index >= 15 is 0 Å². The van der Waals surface area contributed by atoms with Crippen LogP contribution in [0.3, 0.4) is 0 Å². The summed E-state index contributed by atoms with van der Waals surface area (Å²) in [5.74, 6) is 0.264. The molecule has 0 fully saturated rings. The van der Waals surface area contributed by atoms with E-state index < -0.39 is 0 Å². The molecule has 0 unspecified atom stereocenters. The van der Waals surface area contributed by atoms with Crippen LogP contribution in [0.15, 0.2) is 0 Å². The lowest BCUT2D eigenvalue weighted by Crippen LogP contribution is -2.41.